The Hall–Kier alpha value is -0.330. The van der Waals surface area contributed by atoms with Crippen molar-refractivity contribution in [3.63, 3.8) is 0 Å². The van der Waals surface area contributed by atoms with Crippen LogP contribution >= 0.6 is 23.1 Å². The number of sulfonamides is 1. The van der Waals surface area contributed by atoms with Crippen LogP contribution in [0.15, 0.2) is 8.42 Å². The lowest BCUT2D eigenvalue weighted by Gasteiger charge is -2.23. The second-order valence-electron chi connectivity index (χ2n) is 6.56. The van der Waals surface area contributed by atoms with Crippen molar-refractivity contribution in [3.8, 4) is 0 Å². The van der Waals surface area contributed by atoms with Crippen molar-refractivity contribution >= 4 is 48.6 Å². The van der Waals surface area contributed by atoms with Gasteiger partial charge in [-0.1, -0.05) is 0 Å². The SMILES string of the molecule is CC(C)Nc1c(S(N)(=O)=O)sc2c1CCC(CCCSCCO)S2(=O)=O. The Morgan fingerprint density at radius 2 is 2.08 bits per heavy atom. The fourth-order valence-electron chi connectivity index (χ4n) is 3.01. The van der Waals surface area contributed by atoms with E-state index in [1.54, 1.807) is 11.8 Å². The van der Waals surface area contributed by atoms with E-state index in [0.29, 0.717) is 36.3 Å². The van der Waals surface area contributed by atoms with E-state index in [9.17, 15) is 16.8 Å². The number of aliphatic hydroxyl groups is 1. The topological polar surface area (TPSA) is 127 Å². The first kappa shape index (κ1) is 22.0. The van der Waals surface area contributed by atoms with Gasteiger partial charge in [0.2, 0.25) is 10.0 Å². The molecule has 0 fully saturated rings. The summed E-state index contributed by atoms with van der Waals surface area (Å²) in [7, 11) is -7.58. The van der Waals surface area contributed by atoms with Crippen LogP contribution in [0.5, 0.6) is 0 Å². The number of nitrogens with two attached hydrogens (primary N) is 1. The zero-order valence-corrected chi connectivity index (χ0v) is 18.2. The Morgan fingerprint density at radius 3 is 2.65 bits per heavy atom. The molecule has 0 spiro atoms. The summed E-state index contributed by atoms with van der Waals surface area (Å²) in [5, 5.41) is 16.7. The van der Waals surface area contributed by atoms with E-state index in [1.165, 1.54) is 0 Å². The molecule has 11 heteroatoms. The van der Waals surface area contributed by atoms with Crippen LogP contribution in [0.4, 0.5) is 5.69 Å². The van der Waals surface area contributed by atoms with Crippen molar-refractivity contribution in [2.45, 2.75) is 59.2 Å². The highest BCUT2D eigenvalue weighted by atomic mass is 32.3. The molecule has 1 aromatic rings. The maximum atomic E-state index is 13.0. The first-order valence-electron chi connectivity index (χ1n) is 8.46. The van der Waals surface area contributed by atoms with Gasteiger partial charge in [-0.15, -0.1) is 11.3 Å². The lowest BCUT2D eigenvalue weighted by atomic mass is 10.1. The third kappa shape index (κ3) is 4.93. The van der Waals surface area contributed by atoms with Crippen LogP contribution < -0.4 is 10.5 Å². The van der Waals surface area contributed by atoms with Gasteiger partial charge in [0.05, 0.1) is 17.5 Å². The molecule has 1 aromatic heterocycles. The molecule has 2 heterocycles. The van der Waals surface area contributed by atoms with Gasteiger partial charge < -0.3 is 10.4 Å². The maximum Gasteiger partial charge on any atom is 0.249 e. The lowest BCUT2D eigenvalue weighted by molar-refractivity contribution is 0.322. The minimum absolute atomic E-state index is 0.0434. The molecular formula is C15H26N2O5S4. The Labute approximate surface area is 163 Å². The number of aliphatic hydroxyl groups excluding tert-OH is 1. The summed E-state index contributed by atoms with van der Waals surface area (Å²) in [4.78, 5) is 0. The third-order valence-electron chi connectivity index (χ3n) is 4.09. The zero-order chi connectivity index (χ0) is 19.5. The molecule has 0 saturated carbocycles. The summed E-state index contributed by atoms with van der Waals surface area (Å²) >= 11 is 2.36. The van der Waals surface area contributed by atoms with Crippen LogP contribution in [0.1, 0.15) is 38.7 Å². The first-order chi connectivity index (χ1) is 12.1. The minimum atomic E-state index is -4.00. The maximum absolute atomic E-state index is 13.0. The Bertz CT molecular complexity index is 830. The van der Waals surface area contributed by atoms with Gasteiger partial charge in [-0.2, -0.15) is 11.8 Å². The van der Waals surface area contributed by atoms with Crippen molar-refractivity contribution in [2.75, 3.05) is 23.4 Å². The smallest absolute Gasteiger partial charge is 0.249 e. The second-order valence-corrected chi connectivity index (χ2v) is 13.0. The number of primary sulfonamides is 1. The van der Waals surface area contributed by atoms with E-state index in [2.05, 4.69) is 5.32 Å². The number of nitrogens with one attached hydrogen (secondary N) is 1. The number of sulfone groups is 1. The normalized spacial score (nSPS) is 19.5. The molecule has 0 amide bonds. The van der Waals surface area contributed by atoms with Crippen LogP contribution in [0.3, 0.4) is 0 Å². The fraction of sp³-hybridized carbons (Fsp3) is 0.733. The molecule has 150 valence electrons. The monoisotopic (exact) mass is 442 g/mol. The van der Waals surface area contributed by atoms with Crippen LogP contribution in [0.25, 0.3) is 0 Å². The highest BCUT2D eigenvalue weighted by molar-refractivity contribution is 7.99. The molecule has 1 atom stereocenters. The second kappa shape index (κ2) is 8.78. The van der Waals surface area contributed by atoms with Crippen LogP contribution in [-0.2, 0) is 26.3 Å². The van der Waals surface area contributed by atoms with E-state index < -0.39 is 25.1 Å². The van der Waals surface area contributed by atoms with Gasteiger partial charge in [-0.25, -0.2) is 22.0 Å². The minimum Gasteiger partial charge on any atom is -0.396 e. The number of rotatable bonds is 9. The number of thioether (sulfide) groups is 1. The van der Waals surface area contributed by atoms with Gasteiger partial charge in [-0.3, -0.25) is 0 Å². The van der Waals surface area contributed by atoms with Gasteiger partial charge in [-0.05, 0) is 45.3 Å². The molecule has 0 aliphatic carbocycles. The standard InChI is InChI=1S/C15H26N2O5S4/c1-10(2)17-13-12-6-5-11(4-3-8-23-9-7-18)25(19,20)14(12)24-15(13)26(16,21)22/h10-11,17-18H,3-9H2,1-2H3,(H2,16,21,22). The molecule has 0 radical (unpaired) electrons. The van der Waals surface area contributed by atoms with Crippen molar-refractivity contribution in [3.05, 3.63) is 5.56 Å². The highest BCUT2D eigenvalue weighted by Gasteiger charge is 2.39. The molecule has 26 heavy (non-hydrogen) atoms. The van der Waals surface area contributed by atoms with Gasteiger partial charge >= 0.3 is 0 Å². The van der Waals surface area contributed by atoms with E-state index in [-0.39, 0.29) is 21.1 Å². The predicted molar refractivity (Wildman–Crippen MR) is 107 cm³/mol. The molecular weight excluding hydrogens is 416 g/mol. The molecule has 0 saturated heterocycles. The summed E-state index contributed by atoms with van der Waals surface area (Å²) in [6.45, 7) is 3.84. The summed E-state index contributed by atoms with van der Waals surface area (Å²) < 4.78 is 49.9. The molecule has 0 aromatic carbocycles. The molecule has 2 rings (SSSR count). The molecule has 7 nitrogen and oxygen atoms in total. The summed E-state index contributed by atoms with van der Waals surface area (Å²) in [5.41, 5.74) is 0.904. The molecule has 1 aliphatic heterocycles. The van der Waals surface area contributed by atoms with E-state index in [1.807, 2.05) is 13.8 Å². The summed E-state index contributed by atoms with van der Waals surface area (Å²) in [6.07, 6.45) is 2.28. The van der Waals surface area contributed by atoms with Crippen molar-refractivity contribution < 1.29 is 21.9 Å². The number of thiophene rings is 1. The zero-order valence-electron chi connectivity index (χ0n) is 14.9. The van der Waals surface area contributed by atoms with Gasteiger partial charge in [0, 0.05) is 17.4 Å². The van der Waals surface area contributed by atoms with Crippen molar-refractivity contribution in [1.29, 1.82) is 0 Å². The summed E-state index contributed by atoms with van der Waals surface area (Å²) in [6, 6.07) is -0.0434. The predicted octanol–water partition coefficient (Wildman–Crippen LogP) is 1.81. The molecule has 1 aliphatic rings. The fourth-order valence-corrected chi connectivity index (χ4v) is 8.71. The largest absolute Gasteiger partial charge is 0.396 e. The average molecular weight is 443 g/mol. The molecule has 4 N–H and O–H groups in total. The van der Waals surface area contributed by atoms with Gasteiger partial charge in [0.25, 0.3) is 0 Å². The summed E-state index contributed by atoms with van der Waals surface area (Å²) in [5.74, 6) is 1.45. The highest BCUT2D eigenvalue weighted by Crippen LogP contribution is 2.45. The van der Waals surface area contributed by atoms with E-state index in [0.717, 1.165) is 23.5 Å². The van der Waals surface area contributed by atoms with E-state index >= 15 is 0 Å². The average Bonchev–Trinajstić information content (AvgIpc) is 2.88. The van der Waals surface area contributed by atoms with E-state index in [4.69, 9.17) is 10.2 Å². The number of hydrogen-bond donors (Lipinski definition) is 3. The molecule has 0 bridgehead atoms. The van der Waals surface area contributed by atoms with Crippen LogP contribution in [0.2, 0.25) is 0 Å². The Balaban J connectivity index is 2.31. The number of anilines is 1. The number of hydrogen-bond acceptors (Lipinski definition) is 8. The first-order valence-corrected chi connectivity index (χ1v) is 13.5. The third-order valence-corrected chi connectivity index (χ3v) is 10.7. The van der Waals surface area contributed by atoms with Crippen molar-refractivity contribution in [1.82, 2.24) is 0 Å². The Morgan fingerprint density at radius 1 is 1.38 bits per heavy atom. The lowest BCUT2D eigenvalue weighted by Crippen LogP contribution is -2.27. The van der Waals surface area contributed by atoms with Gasteiger partial charge in [0.1, 0.15) is 4.21 Å². The van der Waals surface area contributed by atoms with Crippen LogP contribution in [0, 0.1) is 0 Å². The molecule has 1 unspecified atom stereocenters. The van der Waals surface area contributed by atoms with Crippen molar-refractivity contribution in [2.24, 2.45) is 5.14 Å². The number of fused-ring (bicyclic) bond motifs is 1. The van der Waals surface area contributed by atoms with Crippen LogP contribution in [-0.4, -0.2) is 51.3 Å². The Kier molecular flexibility index (Phi) is 7.42. The quantitative estimate of drug-likeness (QED) is 0.498. The van der Waals surface area contributed by atoms with Gasteiger partial charge in [0.15, 0.2) is 14.0 Å².